The molecule has 5 aromatic rings. The summed E-state index contributed by atoms with van der Waals surface area (Å²) in [5.74, 6) is -0.309. The van der Waals surface area contributed by atoms with Gasteiger partial charge >= 0.3 is 0 Å². The Kier molecular flexibility index (Phi) is 10.5. The van der Waals surface area contributed by atoms with Gasteiger partial charge in [-0.25, -0.2) is 0 Å². The van der Waals surface area contributed by atoms with Gasteiger partial charge in [0.1, 0.15) is 5.75 Å². The molecular formula is C44H47N5O6Si. The van der Waals surface area contributed by atoms with Gasteiger partial charge in [-0.15, -0.1) is 0 Å². The maximum absolute atomic E-state index is 15.2. The fraction of sp³-hybridized carbons (Fsp3) is 0.250. The number of rotatable bonds is 11. The molecule has 1 saturated heterocycles. The second-order valence-corrected chi connectivity index (χ2v) is 19.8. The van der Waals surface area contributed by atoms with Crippen molar-refractivity contribution in [2.75, 3.05) is 40.7 Å². The maximum atomic E-state index is 15.2. The van der Waals surface area contributed by atoms with Crippen LogP contribution in [0.3, 0.4) is 0 Å². The van der Waals surface area contributed by atoms with E-state index in [-0.39, 0.29) is 42.3 Å². The van der Waals surface area contributed by atoms with E-state index in [0.717, 1.165) is 11.3 Å². The SMILES string of the molecule is COc1ccc([Si](C)(C)[C@H]2[C@H](CCO)O[C@@]3(C(=O)N(Cc4ccc(NC(=O)c5ccc(N)cc5)cc4)c4ccc(NC(=O)c5ccc(N)cc5)cc43)[C@@H]2C)cc1. The van der Waals surface area contributed by atoms with E-state index in [0.29, 0.717) is 51.5 Å². The molecule has 4 atom stereocenters. The van der Waals surface area contributed by atoms with Gasteiger partial charge in [0.05, 0.1) is 33.5 Å². The number of carbonyl (C=O) groups excluding carboxylic acids is 3. The average Bonchev–Trinajstić information content (AvgIpc) is 3.62. The number of amides is 3. The summed E-state index contributed by atoms with van der Waals surface area (Å²) in [7, 11) is -0.764. The minimum absolute atomic E-state index is 0.0585. The van der Waals surface area contributed by atoms with Gasteiger partial charge in [-0.05, 0) is 109 Å². The van der Waals surface area contributed by atoms with Crippen LogP contribution in [0.1, 0.15) is 45.2 Å². The van der Waals surface area contributed by atoms with Gasteiger partial charge in [-0.2, -0.15) is 0 Å². The molecule has 12 heteroatoms. The molecule has 2 heterocycles. The molecule has 2 aliphatic heterocycles. The molecule has 11 nitrogen and oxygen atoms in total. The van der Waals surface area contributed by atoms with Crippen LogP contribution in [0.4, 0.5) is 28.4 Å². The van der Waals surface area contributed by atoms with Crippen molar-refractivity contribution in [2.45, 2.75) is 50.2 Å². The zero-order valence-electron chi connectivity index (χ0n) is 31.9. The number of nitrogens with two attached hydrogens (primary N) is 2. The van der Waals surface area contributed by atoms with Crippen LogP contribution in [0.2, 0.25) is 18.6 Å². The van der Waals surface area contributed by atoms with Gasteiger partial charge < -0.3 is 41.6 Å². The molecule has 0 saturated carbocycles. The first-order valence-electron chi connectivity index (χ1n) is 18.7. The van der Waals surface area contributed by atoms with Crippen molar-refractivity contribution < 1.29 is 29.0 Å². The van der Waals surface area contributed by atoms with E-state index >= 15 is 4.79 Å². The highest BCUT2D eigenvalue weighted by Crippen LogP contribution is 2.60. The lowest BCUT2D eigenvalue weighted by molar-refractivity contribution is -0.146. The zero-order valence-corrected chi connectivity index (χ0v) is 32.9. The lowest BCUT2D eigenvalue weighted by Crippen LogP contribution is -2.51. The zero-order chi connectivity index (χ0) is 39.8. The van der Waals surface area contributed by atoms with E-state index in [9.17, 15) is 14.7 Å². The Morgan fingerprint density at radius 3 is 1.93 bits per heavy atom. The second-order valence-electron chi connectivity index (χ2n) is 15.1. The molecule has 3 amide bonds. The predicted molar refractivity (Wildman–Crippen MR) is 223 cm³/mol. The lowest BCUT2D eigenvalue weighted by atomic mass is 9.82. The number of methoxy groups -OCH3 is 1. The number of nitrogen functional groups attached to an aromatic ring is 2. The van der Waals surface area contributed by atoms with Crippen molar-refractivity contribution in [3.05, 3.63) is 138 Å². The van der Waals surface area contributed by atoms with Crippen LogP contribution < -0.4 is 36.9 Å². The largest absolute Gasteiger partial charge is 0.497 e. The Balaban J connectivity index is 1.24. The number of hydrogen-bond acceptors (Lipinski definition) is 8. The number of fused-ring (bicyclic) bond motifs is 2. The molecule has 0 bridgehead atoms. The molecule has 288 valence electrons. The number of benzene rings is 5. The number of ether oxygens (including phenoxy) is 2. The van der Waals surface area contributed by atoms with E-state index in [1.807, 2.05) is 48.5 Å². The molecule has 1 spiro atoms. The molecule has 7 rings (SSSR count). The van der Waals surface area contributed by atoms with Crippen molar-refractivity contribution in [3.63, 3.8) is 0 Å². The Bertz CT molecular complexity index is 2250. The quantitative estimate of drug-likeness (QED) is 0.0749. The van der Waals surface area contributed by atoms with Crippen molar-refractivity contribution >= 4 is 59.4 Å². The molecule has 0 aromatic heterocycles. The molecule has 2 aliphatic rings. The van der Waals surface area contributed by atoms with Gasteiger partial charge in [-0.1, -0.05) is 49.5 Å². The van der Waals surface area contributed by atoms with Gasteiger partial charge in [-0.3, -0.25) is 14.4 Å². The van der Waals surface area contributed by atoms with Crippen LogP contribution in [0.15, 0.2) is 115 Å². The molecule has 7 N–H and O–H groups in total. The summed E-state index contributed by atoms with van der Waals surface area (Å²) < 4.78 is 12.5. The summed E-state index contributed by atoms with van der Waals surface area (Å²) in [6, 6.07) is 34.4. The first-order valence-corrected chi connectivity index (χ1v) is 21.8. The number of hydrogen-bond donors (Lipinski definition) is 5. The average molecular weight is 770 g/mol. The Hall–Kier alpha value is -5.95. The third-order valence-corrected chi connectivity index (χ3v) is 15.8. The topological polar surface area (TPSA) is 169 Å². The van der Waals surface area contributed by atoms with Gasteiger partial charge in [0.2, 0.25) is 0 Å². The summed E-state index contributed by atoms with van der Waals surface area (Å²) in [5.41, 5.74) is 15.6. The number of nitrogens with zero attached hydrogens (tertiary/aromatic N) is 1. The van der Waals surface area contributed by atoms with Crippen LogP contribution in [0.25, 0.3) is 0 Å². The van der Waals surface area contributed by atoms with E-state index in [4.69, 9.17) is 20.9 Å². The minimum atomic E-state index is -2.40. The van der Waals surface area contributed by atoms with Crippen LogP contribution in [0, 0.1) is 5.92 Å². The molecule has 0 aliphatic carbocycles. The van der Waals surface area contributed by atoms with E-state index in [1.54, 1.807) is 66.6 Å². The Labute approximate surface area is 327 Å². The molecule has 56 heavy (non-hydrogen) atoms. The monoisotopic (exact) mass is 769 g/mol. The molecular weight excluding hydrogens is 723 g/mol. The summed E-state index contributed by atoms with van der Waals surface area (Å²) in [5, 5.41) is 17.4. The number of carbonyl (C=O) groups is 3. The maximum Gasteiger partial charge on any atom is 0.264 e. The predicted octanol–water partition coefficient (Wildman–Crippen LogP) is 6.51. The highest BCUT2D eigenvalue weighted by Gasteiger charge is 2.66. The van der Waals surface area contributed by atoms with Crippen molar-refractivity contribution in [3.8, 4) is 5.75 Å². The first kappa shape index (κ1) is 38.3. The van der Waals surface area contributed by atoms with Crippen LogP contribution in [-0.2, 0) is 21.7 Å². The fourth-order valence-electron chi connectivity index (χ4n) is 8.50. The van der Waals surface area contributed by atoms with Gasteiger partial charge in [0.25, 0.3) is 17.7 Å². The van der Waals surface area contributed by atoms with Crippen LogP contribution in [0.5, 0.6) is 5.75 Å². The van der Waals surface area contributed by atoms with Crippen molar-refractivity contribution in [1.82, 2.24) is 0 Å². The first-order chi connectivity index (χ1) is 26.8. The highest BCUT2D eigenvalue weighted by molar-refractivity contribution is 6.91. The fourth-order valence-corrected chi connectivity index (χ4v) is 12.6. The van der Waals surface area contributed by atoms with E-state index in [2.05, 4.69) is 42.8 Å². The number of aliphatic hydroxyl groups is 1. The molecule has 0 radical (unpaired) electrons. The summed E-state index contributed by atoms with van der Waals surface area (Å²) >= 11 is 0. The standard InChI is InChI=1S/C44H47N5O6Si/c1-27-40(56(3,4)36-20-18-35(54-2)19-21-36)39(23-24-50)55-44(27)37-25-34(48-42(52)30-9-13-32(46)14-10-30)17-22-38(37)49(43(44)53)26-28-5-15-33(16-6-28)47-41(51)29-7-11-31(45)12-8-29/h5-22,25,27,39-40,50H,23-24,26,45-46H2,1-4H3,(H,47,51)(H,48,52)/t27-,39+,40-,44+/m1/s1. The lowest BCUT2D eigenvalue weighted by Gasteiger charge is -2.37. The Morgan fingerprint density at radius 2 is 1.38 bits per heavy atom. The van der Waals surface area contributed by atoms with Gasteiger partial charge in [0, 0.05) is 52.0 Å². The minimum Gasteiger partial charge on any atom is -0.497 e. The number of nitrogens with one attached hydrogen (secondary N) is 2. The molecule has 1 fully saturated rings. The van der Waals surface area contributed by atoms with E-state index in [1.165, 1.54) is 5.19 Å². The number of anilines is 5. The van der Waals surface area contributed by atoms with Crippen LogP contribution >= 0.6 is 0 Å². The third kappa shape index (κ3) is 7.02. The van der Waals surface area contributed by atoms with Gasteiger partial charge in [0.15, 0.2) is 5.60 Å². The van der Waals surface area contributed by atoms with E-state index < -0.39 is 19.8 Å². The number of aliphatic hydroxyl groups excluding tert-OH is 1. The van der Waals surface area contributed by atoms with Crippen LogP contribution in [-0.4, -0.2) is 50.7 Å². The third-order valence-electron chi connectivity index (χ3n) is 11.4. The second kappa shape index (κ2) is 15.3. The Morgan fingerprint density at radius 1 is 0.821 bits per heavy atom. The smallest absolute Gasteiger partial charge is 0.264 e. The summed E-state index contributed by atoms with van der Waals surface area (Å²) in [6.07, 6.45) is -0.0456. The highest BCUT2D eigenvalue weighted by atomic mass is 28.3. The molecule has 0 unspecified atom stereocenters. The summed E-state index contributed by atoms with van der Waals surface area (Å²) in [6.45, 7) is 6.81. The summed E-state index contributed by atoms with van der Waals surface area (Å²) in [4.78, 5) is 43.2. The molecule has 5 aromatic carbocycles. The van der Waals surface area contributed by atoms with Crippen molar-refractivity contribution in [1.29, 1.82) is 0 Å². The van der Waals surface area contributed by atoms with Crippen molar-refractivity contribution in [2.24, 2.45) is 5.92 Å². The normalized spacial score (nSPS) is 20.2.